The van der Waals surface area contributed by atoms with Crippen LogP contribution in [-0.4, -0.2) is 31.7 Å². The van der Waals surface area contributed by atoms with Crippen molar-refractivity contribution in [1.82, 2.24) is 25.0 Å². The summed E-state index contributed by atoms with van der Waals surface area (Å²) in [5, 5.41) is 12.0. The van der Waals surface area contributed by atoms with Crippen LogP contribution in [0.5, 0.6) is 0 Å². The minimum absolute atomic E-state index is 0.229. The first-order valence-corrected chi connectivity index (χ1v) is 6.49. The maximum atomic E-state index is 13.6. The number of nitrogens with one attached hydrogen (secondary N) is 1. The van der Waals surface area contributed by atoms with E-state index in [0.717, 1.165) is 4.68 Å². The Hall–Kier alpha value is -2.22. The third kappa shape index (κ3) is 3.27. The van der Waals surface area contributed by atoms with Crippen molar-refractivity contribution in [2.45, 2.75) is 19.9 Å². The normalized spacial score (nSPS) is 12.8. The first-order valence-electron chi connectivity index (χ1n) is 6.11. The van der Waals surface area contributed by atoms with Crippen molar-refractivity contribution >= 4 is 23.7 Å². The number of carbonyl (C=O) groups is 1. The lowest BCUT2D eigenvalue weighted by molar-refractivity contribution is -0.124. The van der Waals surface area contributed by atoms with Crippen LogP contribution in [-0.2, 0) is 11.8 Å². The summed E-state index contributed by atoms with van der Waals surface area (Å²) in [5.41, 5.74) is 3.04. The van der Waals surface area contributed by atoms with E-state index in [9.17, 15) is 9.18 Å². The Kier molecular flexibility index (Phi) is 4.37. The smallest absolute Gasteiger partial charge is 0.264 e. The van der Waals surface area contributed by atoms with Gasteiger partial charge in [0.05, 0.1) is 28.7 Å². The summed E-state index contributed by atoms with van der Waals surface area (Å²) in [4.78, 5) is 11.9. The van der Waals surface area contributed by atoms with E-state index in [4.69, 9.17) is 11.6 Å². The third-order valence-electron chi connectivity index (χ3n) is 2.91. The second-order valence-electron chi connectivity index (χ2n) is 4.46. The molecule has 0 radical (unpaired) electrons. The molecule has 2 aromatic rings. The average Bonchev–Trinajstić information content (AvgIpc) is 2.96. The zero-order valence-corrected chi connectivity index (χ0v) is 12.5. The molecule has 0 saturated heterocycles. The van der Waals surface area contributed by atoms with Crippen molar-refractivity contribution in [3.8, 4) is 0 Å². The zero-order chi connectivity index (χ0) is 15.6. The highest BCUT2D eigenvalue weighted by atomic mass is 35.5. The Morgan fingerprint density at radius 2 is 2.33 bits per heavy atom. The van der Waals surface area contributed by atoms with E-state index in [2.05, 4.69) is 20.7 Å². The highest BCUT2D eigenvalue weighted by Gasteiger charge is 2.15. The molecule has 1 atom stereocenters. The molecule has 2 heterocycles. The van der Waals surface area contributed by atoms with E-state index in [1.807, 2.05) is 0 Å². The number of amides is 1. The predicted molar refractivity (Wildman–Crippen MR) is 75.6 cm³/mol. The molecule has 0 fully saturated rings. The van der Waals surface area contributed by atoms with Gasteiger partial charge in [0.25, 0.3) is 5.91 Å². The summed E-state index contributed by atoms with van der Waals surface area (Å²) in [6.07, 6.45) is 4.18. The standard InChI is InChI=1S/C12H14ClFN6O/c1-7-10(11(14)19(3)18-7)5-15-17-12(21)8(2)20-6-9(13)4-16-20/h4-6,8H,1-3H3,(H,17,21)/b15-5-/t8-/m1/s1. The molecule has 0 aliphatic rings. The first kappa shape index (κ1) is 15.2. The van der Waals surface area contributed by atoms with Gasteiger partial charge in [0.15, 0.2) is 0 Å². The van der Waals surface area contributed by atoms with E-state index in [1.165, 1.54) is 30.3 Å². The Balaban J connectivity index is 2.02. The Bertz CT molecular complexity index is 692. The number of hydrogen-bond donors (Lipinski definition) is 1. The first-order chi connectivity index (χ1) is 9.90. The minimum Gasteiger partial charge on any atom is -0.271 e. The van der Waals surface area contributed by atoms with Gasteiger partial charge in [0.1, 0.15) is 6.04 Å². The van der Waals surface area contributed by atoms with Crippen LogP contribution in [0, 0.1) is 12.9 Å². The van der Waals surface area contributed by atoms with E-state index in [0.29, 0.717) is 10.7 Å². The summed E-state index contributed by atoms with van der Waals surface area (Å²) in [6.45, 7) is 3.30. The topological polar surface area (TPSA) is 77.1 Å². The number of hydrogen-bond acceptors (Lipinski definition) is 4. The van der Waals surface area contributed by atoms with Crippen LogP contribution in [0.1, 0.15) is 24.2 Å². The van der Waals surface area contributed by atoms with Gasteiger partial charge in [-0.3, -0.25) is 9.48 Å². The monoisotopic (exact) mass is 312 g/mol. The van der Waals surface area contributed by atoms with Gasteiger partial charge in [0.2, 0.25) is 5.95 Å². The molecule has 0 aliphatic carbocycles. The van der Waals surface area contributed by atoms with Gasteiger partial charge >= 0.3 is 0 Å². The molecule has 0 spiro atoms. The van der Waals surface area contributed by atoms with E-state index in [1.54, 1.807) is 13.8 Å². The summed E-state index contributed by atoms with van der Waals surface area (Å²) in [5.74, 6) is -0.912. The Morgan fingerprint density at radius 1 is 1.62 bits per heavy atom. The van der Waals surface area contributed by atoms with Crippen molar-refractivity contribution in [3.05, 3.63) is 34.6 Å². The molecule has 21 heavy (non-hydrogen) atoms. The van der Waals surface area contributed by atoms with Crippen LogP contribution in [0.3, 0.4) is 0 Å². The molecule has 0 saturated carbocycles. The van der Waals surface area contributed by atoms with Gasteiger partial charge in [0, 0.05) is 13.2 Å². The fourth-order valence-corrected chi connectivity index (χ4v) is 1.84. The largest absolute Gasteiger partial charge is 0.271 e. The fourth-order valence-electron chi connectivity index (χ4n) is 1.69. The van der Waals surface area contributed by atoms with Crippen LogP contribution < -0.4 is 5.43 Å². The number of halogens is 2. The highest BCUT2D eigenvalue weighted by Crippen LogP contribution is 2.11. The number of aromatic nitrogens is 4. The molecule has 0 aliphatic heterocycles. The van der Waals surface area contributed by atoms with Gasteiger partial charge in [-0.05, 0) is 13.8 Å². The van der Waals surface area contributed by atoms with E-state index in [-0.39, 0.29) is 5.56 Å². The van der Waals surface area contributed by atoms with Crippen LogP contribution in [0.25, 0.3) is 0 Å². The third-order valence-corrected chi connectivity index (χ3v) is 3.11. The SMILES string of the molecule is Cc1nn(C)c(F)c1/C=N\NC(=O)[C@@H](C)n1cc(Cl)cn1. The second-order valence-corrected chi connectivity index (χ2v) is 4.90. The maximum absolute atomic E-state index is 13.6. The van der Waals surface area contributed by atoms with Gasteiger partial charge < -0.3 is 0 Å². The number of aryl methyl sites for hydroxylation is 2. The van der Waals surface area contributed by atoms with Crippen molar-refractivity contribution in [3.63, 3.8) is 0 Å². The molecule has 9 heteroatoms. The van der Waals surface area contributed by atoms with Gasteiger partial charge in [-0.1, -0.05) is 11.6 Å². The zero-order valence-electron chi connectivity index (χ0n) is 11.7. The Morgan fingerprint density at radius 3 is 2.86 bits per heavy atom. The molecule has 112 valence electrons. The fraction of sp³-hybridized carbons (Fsp3) is 0.333. The molecule has 1 N–H and O–H groups in total. The quantitative estimate of drug-likeness (QED) is 0.685. The van der Waals surface area contributed by atoms with E-state index < -0.39 is 17.9 Å². The van der Waals surface area contributed by atoms with Gasteiger partial charge in [-0.25, -0.2) is 10.1 Å². The van der Waals surface area contributed by atoms with Gasteiger partial charge in [-0.15, -0.1) is 0 Å². The summed E-state index contributed by atoms with van der Waals surface area (Å²) in [6, 6.07) is -0.588. The van der Waals surface area contributed by atoms with Gasteiger partial charge in [-0.2, -0.15) is 19.7 Å². The molecular formula is C12H14ClFN6O. The number of hydrazone groups is 1. The lowest BCUT2D eigenvalue weighted by atomic mass is 10.3. The van der Waals surface area contributed by atoms with Crippen molar-refractivity contribution in [2.75, 3.05) is 0 Å². The summed E-state index contributed by atoms with van der Waals surface area (Å²) < 4.78 is 16.2. The van der Waals surface area contributed by atoms with Crippen molar-refractivity contribution < 1.29 is 9.18 Å². The summed E-state index contributed by atoms with van der Waals surface area (Å²) in [7, 11) is 1.49. The number of rotatable bonds is 4. The summed E-state index contributed by atoms with van der Waals surface area (Å²) >= 11 is 5.74. The second kappa shape index (κ2) is 6.04. The van der Waals surface area contributed by atoms with Crippen LogP contribution in [0.4, 0.5) is 4.39 Å². The minimum atomic E-state index is -0.588. The molecule has 7 nitrogen and oxygen atoms in total. The lowest BCUT2D eigenvalue weighted by Gasteiger charge is -2.09. The van der Waals surface area contributed by atoms with Crippen LogP contribution in [0.15, 0.2) is 17.5 Å². The molecule has 1 amide bonds. The maximum Gasteiger partial charge on any atom is 0.264 e. The average molecular weight is 313 g/mol. The molecule has 0 unspecified atom stereocenters. The molecule has 0 bridgehead atoms. The van der Waals surface area contributed by atoms with Crippen molar-refractivity contribution in [1.29, 1.82) is 0 Å². The predicted octanol–water partition coefficient (Wildman–Crippen LogP) is 1.43. The number of carbonyl (C=O) groups excluding carboxylic acids is 1. The lowest BCUT2D eigenvalue weighted by Crippen LogP contribution is -2.27. The number of nitrogens with zero attached hydrogens (tertiary/aromatic N) is 5. The highest BCUT2D eigenvalue weighted by molar-refractivity contribution is 6.30. The van der Waals surface area contributed by atoms with Crippen molar-refractivity contribution in [2.24, 2.45) is 12.1 Å². The Labute approximate surface area is 125 Å². The van der Waals surface area contributed by atoms with Crippen LogP contribution in [0.2, 0.25) is 5.02 Å². The van der Waals surface area contributed by atoms with Crippen LogP contribution >= 0.6 is 11.6 Å². The molecule has 2 rings (SSSR count). The molecule has 2 aromatic heterocycles. The van der Waals surface area contributed by atoms with E-state index >= 15 is 0 Å². The molecule has 0 aromatic carbocycles. The molecular weight excluding hydrogens is 299 g/mol.